The van der Waals surface area contributed by atoms with Gasteiger partial charge in [0.25, 0.3) is 0 Å². The van der Waals surface area contributed by atoms with Crippen LogP contribution in [0.15, 0.2) is 65.7 Å². The maximum Gasteiger partial charge on any atom is 0.102 e. The molecule has 2 aromatic rings. The lowest BCUT2D eigenvalue weighted by Gasteiger charge is -2.18. The van der Waals surface area contributed by atoms with Crippen LogP contribution in [0, 0.1) is 0 Å². The minimum absolute atomic E-state index is 0.0746. The molecule has 0 radical (unpaired) electrons. The molecule has 0 atom stereocenters. The van der Waals surface area contributed by atoms with Crippen LogP contribution in [0.4, 0.5) is 0 Å². The Balaban J connectivity index is 1.79. The Morgan fingerprint density at radius 3 is 1.63 bits per heavy atom. The van der Waals surface area contributed by atoms with Crippen LogP contribution in [0.2, 0.25) is 0 Å². The van der Waals surface area contributed by atoms with E-state index in [1.165, 1.54) is 74.7 Å². The molecule has 27 heavy (non-hydrogen) atoms. The average Bonchev–Trinajstić information content (AvgIpc) is 2.75. The summed E-state index contributed by atoms with van der Waals surface area (Å²) < 4.78 is 0. The molecule has 2 nitrogen and oxygen atoms in total. The molecule has 0 amide bonds. The molecule has 2 heteroatoms. The van der Waals surface area contributed by atoms with Gasteiger partial charge < -0.3 is 5.32 Å². The SMILES string of the molecule is c1ccc(C(/N=C2\CCCCCCCCCCCN2)c2ccccc2)cc1. The van der Waals surface area contributed by atoms with E-state index in [-0.39, 0.29) is 6.04 Å². The van der Waals surface area contributed by atoms with Gasteiger partial charge in [0.2, 0.25) is 0 Å². The fourth-order valence-corrected chi connectivity index (χ4v) is 3.85. The normalized spacial score (nSPS) is 18.9. The molecule has 1 aliphatic heterocycles. The molecule has 3 rings (SSSR count). The topological polar surface area (TPSA) is 24.4 Å². The number of benzene rings is 2. The van der Waals surface area contributed by atoms with E-state index in [1.807, 2.05) is 0 Å². The van der Waals surface area contributed by atoms with Gasteiger partial charge in [-0.3, -0.25) is 4.99 Å². The summed E-state index contributed by atoms with van der Waals surface area (Å²) in [6, 6.07) is 21.5. The Hall–Kier alpha value is -2.09. The van der Waals surface area contributed by atoms with Crippen LogP contribution in [-0.4, -0.2) is 12.4 Å². The summed E-state index contributed by atoms with van der Waals surface area (Å²) in [5, 5.41) is 3.68. The van der Waals surface area contributed by atoms with Gasteiger partial charge in [0.15, 0.2) is 0 Å². The predicted octanol–water partition coefficient (Wildman–Crippen LogP) is 6.68. The van der Waals surface area contributed by atoms with Crippen molar-refractivity contribution in [1.29, 1.82) is 0 Å². The summed E-state index contributed by atoms with van der Waals surface area (Å²) >= 11 is 0. The third kappa shape index (κ3) is 6.86. The van der Waals surface area contributed by atoms with Crippen molar-refractivity contribution < 1.29 is 0 Å². The van der Waals surface area contributed by atoms with E-state index in [0.29, 0.717) is 0 Å². The number of aliphatic imine (C=N–C) groups is 1. The molecule has 1 aliphatic rings. The smallest absolute Gasteiger partial charge is 0.102 e. The molecule has 0 bridgehead atoms. The highest BCUT2D eigenvalue weighted by Gasteiger charge is 2.14. The molecule has 144 valence electrons. The molecule has 0 aliphatic carbocycles. The third-order valence-corrected chi connectivity index (χ3v) is 5.43. The second-order valence-corrected chi connectivity index (χ2v) is 7.66. The minimum Gasteiger partial charge on any atom is -0.374 e. The highest BCUT2D eigenvalue weighted by molar-refractivity contribution is 5.82. The zero-order chi connectivity index (χ0) is 18.6. The molecular weight excluding hydrogens is 328 g/mol. The van der Waals surface area contributed by atoms with Crippen molar-refractivity contribution in [3.63, 3.8) is 0 Å². The van der Waals surface area contributed by atoms with E-state index >= 15 is 0 Å². The zero-order valence-corrected chi connectivity index (χ0v) is 16.6. The van der Waals surface area contributed by atoms with Crippen molar-refractivity contribution in [2.75, 3.05) is 6.54 Å². The number of hydrogen-bond donors (Lipinski definition) is 1. The fourth-order valence-electron chi connectivity index (χ4n) is 3.85. The monoisotopic (exact) mass is 362 g/mol. The van der Waals surface area contributed by atoms with Crippen molar-refractivity contribution >= 4 is 5.84 Å². The Labute approximate surface area is 165 Å². The fraction of sp³-hybridized carbons (Fsp3) is 0.480. The Bertz CT molecular complexity index is 608. The van der Waals surface area contributed by atoms with Crippen LogP contribution in [0.1, 0.15) is 81.4 Å². The molecule has 0 unspecified atom stereocenters. The summed E-state index contributed by atoms with van der Waals surface area (Å²) in [7, 11) is 0. The van der Waals surface area contributed by atoms with Crippen LogP contribution in [0.5, 0.6) is 0 Å². The highest BCUT2D eigenvalue weighted by atomic mass is 15.0. The number of hydrogen-bond acceptors (Lipinski definition) is 1. The van der Waals surface area contributed by atoms with Crippen LogP contribution in [0.3, 0.4) is 0 Å². The van der Waals surface area contributed by atoms with Crippen molar-refractivity contribution in [2.45, 2.75) is 70.3 Å². The number of nitrogens with one attached hydrogen (secondary N) is 1. The lowest BCUT2D eigenvalue weighted by Crippen LogP contribution is -2.25. The van der Waals surface area contributed by atoms with Gasteiger partial charge in [-0.25, -0.2) is 0 Å². The first-order chi connectivity index (χ1) is 13.4. The summed E-state index contributed by atoms with van der Waals surface area (Å²) in [5.74, 6) is 1.19. The maximum absolute atomic E-state index is 5.23. The average molecular weight is 363 g/mol. The first-order valence-corrected chi connectivity index (χ1v) is 10.8. The van der Waals surface area contributed by atoms with Crippen LogP contribution < -0.4 is 5.32 Å². The van der Waals surface area contributed by atoms with E-state index < -0.39 is 0 Å². The molecule has 1 fully saturated rings. The number of rotatable bonds is 3. The highest BCUT2D eigenvalue weighted by Crippen LogP contribution is 2.26. The Morgan fingerprint density at radius 1 is 0.593 bits per heavy atom. The quantitative estimate of drug-likeness (QED) is 0.647. The van der Waals surface area contributed by atoms with E-state index in [0.717, 1.165) is 13.0 Å². The van der Waals surface area contributed by atoms with E-state index in [2.05, 4.69) is 66.0 Å². The third-order valence-electron chi connectivity index (χ3n) is 5.43. The number of nitrogens with zero attached hydrogens (tertiary/aromatic N) is 1. The summed E-state index contributed by atoms with van der Waals surface area (Å²) in [5.41, 5.74) is 2.53. The summed E-state index contributed by atoms with van der Waals surface area (Å²) in [4.78, 5) is 5.23. The van der Waals surface area contributed by atoms with E-state index in [4.69, 9.17) is 4.99 Å². The van der Waals surface area contributed by atoms with Gasteiger partial charge in [0.05, 0.1) is 5.84 Å². The first-order valence-electron chi connectivity index (χ1n) is 10.8. The minimum atomic E-state index is 0.0746. The first kappa shape index (κ1) is 19.7. The lowest BCUT2D eigenvalue weighted by molar-refractivity contribution is 0.566. The molecule has 0 saturated carbocycles. The van der Waals surface area contributed by atoms with Gasteiger partial charge in [-0.05, 0) is 24.0 Å². The lowest BCUT2D eigenvalue weighted by atomic mass is 9.99. The van der Waals surface area contributed by atoms with Gasteiger partial charge >= 0.3 is 0 Å². The molecule has 0 aromatic heterocycles. The largest absolute Gasteiger partial charge is 0.374 e. The zero-order valence-electron chi connectivity index (χ0n) is 16.6. The van der Waals surface area contributed by atoms with Crippen molar-refractivity contribution in [3.8, 4) is 0 Å². The molecule has 1 saturated heterocycles. The molecule has 0 spiro atoms. The van der Waals surface area contributed by atoms with Gasteiger partial charge in [-0.1, -0.05) is 106 Å². The van der Waals surface area contributed by atoms with Gasteiger partial charge in [-0.15, -0.1) is 0 Å². The van der Waals surface area contributed by atoms with Gasteiger partial charge in [0, 0.05) is 13.0 Å². The van der Waals surface area contributed by atoms with Crippen molar-refractivity contribution in [2.24, 2.45) is 4.99 Å². The molecule has 2 aromatic carbocycles. The Kier molecular flexibility index (Phi) is 8.44. The molecular formula is C25H34N2. The van der Waals surface area contributed by atoms with E-state index in [9.17, 15) is 0 Å². The summed E-state index contributed by atoms with van der Waals surface area (Å²) in [6.45, 7) is 1.05. The second kappa shape index (κ2) is 11.6. The second-order valence-electron chi connectivity index (χ2n) is 7.66. The van der Waals surface area contributed by atoms with Crippen LogP contribution in [0.25, 0.3) is 0 Å². The van der Waals surface area contributed by atoms with E-state index in [1.54, 1.807) is 0 Å². The van der Waals surface area contributed by atoms with Crippen LogP contribution >= 0.6 is 0 Å². The van der Waals surface area contributed by atoms with Crippen molar-refractivity contribution in [3.05, 3.63) is 71.8 Å². The predicted molar refractivity (Wildman–Crippen MR) is 116 cm³/mol. The van der Waals surface area contributed by atoms with Gasteiger partial charge in [0.1, 0.15) is 6.04 Å². The molecule has 1 N–H and O–H groups in total. The van der Waals surface area contributed by atoms with Crippen molar-refractivity contribution in [1.82, 2.24) is 5.32 Å². The van der Waals surface area contributed by atoms with Gasteiger partial charge in [-0.2, -0.15) is 0 Å². The maximum atomic E-state index is 5.23. The Morgan fingerprint density at radius 2 is 1.07 bits per heavy atom. The molecule has 1 heterocycles. The summed E-state index contributed by atoms with van der Waals surface area (Å²) in [6.07, 6.45) is 13.2. The standard InChI is InChI=1S/C25H34N2/c1-2-4-6-14-20-24(26-21-15-7-5-3-1)27-25(22-16-10-8-11-17-22)23-18-12-9-13-19-23/h8-13,16-19,25H,1-7,14-15,20-21H2,(H,26,27). The number of amidine groups is 1. The van der Waals surface area contributed by atoms with Crippen LogP contribution in [-0.2, 0) is 0 Å².